The van der Waals surface area contributed by atoms with E-state index in [-0.39, 0.29) is 10.7 Å². The zero-order valence-electron chi connectivity index (χ0n) is 9.72. The number of nitrogens with zero attached hydrogens (tertiary/aromatic N) is 2. The lowest BCUT2D eigenvalue weighted by Crippen LogP contribution is -2.42. The Morgan fingerprint density at radius 1 is 1.62 bits per heavy atom. The molecule has 0 saturated carbocycles. The lowest BCUT2D eigenvalue weighted by atomic mass is 10.2. The Morgan fingerprint density at radius 3 is 2.69 bits per heavy atom. The predicted octanol–water partition coefficient (Wildman–Crippen LogP) is -0.372. The Bertz CT molecular complexity index is 356. The molecule has 1 aliphatic rings. The van der Waals surface area contributed by atoms with Crippen molar-refractivity contribution in [3.8, 4) is 0 Å². The molecule has 0 aliphatic carbocycles. The monoisotopic (exact) mass is 265 g/mol. The van der Waals surface area contributed by atoms with Crippen molar-refractivity contribution in [3.05, 3.63) is 0 Å². The molecule has 5 nitrogen and oxygen atoms in total. The van der Waals surface area contributed by atoms with Gasteiger partial charge in [0.15, 0.2) is 0 Å². The summed E-state index contributed by atoms with van der Waals surface area (Å²) in [5.41, 5.74) is 5.27. The van der Waals surface area contributed by atoms with E-state index in [1.54, 1.807) is 7.05 Å². The summed E-state index contributed by atoms with van der Waals surface area (Å²) in [5.74, 6) is -0.241. The van der Waals surface area contributed by atoms with Crippen LogP contribution in [0.3, 0.4) is 0 Å². The van der Waals surface area contributed by atoms with Crippen LogP contribution in [0, 0.1) is 0 Å². The molecule has 1 fully saturated rings. The third-order valence-electron chi connectivity index (χ3n) is 2.94. The van der Waals surface area contributed by atoms with Gasteiger partial charge in [0, 0.05) is 19.6 Å². The van der Waals surface area contributed by atoms with E-state index in [4.69, 9.17) is 5.73 Å². The highest BCUT2D eigenvalue weighted by Crippen LogP contribution is 2.16. The lowest BCUT2D eigenvalue weighted by Gasteiger charge is -2.25. The minimum Gasteiger partial charge on any atom is -0.392 e. The number of rotatable bonds is 5. The quantitative estimate of drug-likeness (QED) is 0.687. The summed E-state index contributed by atoms with van der Waals surface area (Å²) in [6, 6.07) is 0.311. The van der Waals surface area contributed by atoms with Gasteiger partial charge < -0.3 is 10.6 Å². The van der Waals surface area contributed by atoms with Gasteiger partial charge in [-0.1, -0.05) is 12.2 Å². The van der Waals surface area contributed by atoms with Crippen LogP contribution < -0.4 is 5.73 Å². The molecule has 0 amide bonds. The molecule has 1 unspecified atom stereocenters. The Kier molecular flexibility index (Phi) is 4.66. The number of nitrogens with two attached hydrogens (primary N) is 1. The maximum absolute atomic E-state index is 11.8. The van der Waals surface area contributed by atoms with Crippen molar-refractivity contribution in [2.75, 3.05) is 32.9 Å². The normalized spacial score (nSPS) is 22.8. The first-order chi connectivity index (χ1) is 7.33. The molecule has 7 heteroatoms. The SMILES string of the molecule is CN1CCCC1CN(C)S(=O)(=O)CC(N)=S. The van der Waals surface area contributed by atoms with Gasteiger partial charge in [0.1, 0.15) is 5.75 Å². The Morgan fingerprint density at radius 2 is 2.25 bits per heavy atom. The fraction of sp³-hybridized carbons (Fsp3) is 0.889. The maximum Gasteiger partial charge on any atom is 0.220 e. The summed E-state index contributed by atoms with van der Waals surface area (Å²) in [4.78, 5) is 2.21. The van der Waals surface area contributed by atoms with Gasteiger partial charge in [-0.15, -0.1) is 0 Å². The third kappa shape index (κ3) is 3.65. The fourth-order valence-electron chi connectivity index (χ4n) is 1.91. The molecule has 1 rings (SSSR count). The van der Waals surface area contributed by atoms with Gasteiger partial charge in [-0.25, -0.2) is 12.7 Å². The molecule has 0 aromatic heterocycles. The molecule has 2 N–H and O–H groups in total. The zero-order chi connectivity index (χ0) is 12.3. The highest BCUT2D eigenvalue weighted by atomic mass is 32.2. The fourth-order valence-corrected chi connectivity index (χ4v) is 3.34. The molecule has 1 aliphatic heterocycles. The first kappa shape index (κ1) is 13.8. The molecule has 1 saturated heterocycles. The van der Waals surface area contributed by atoms with E-state index in [0.29, 0.717) is 12.6 Å². The highest BCUT2D eigenvalue weighted by molar-refractivity contribution is 7.92. The van der Waals surface area contributed by atoms with Gasteiger partial charge in [0.25, 0.3) is 0 Å². The number of likely N-dealkylation sites (tertiary alicyclic amines) is 1. The van der Waals surface area contributed by atoms with Crippen LogP contribution in [0.15, 0.2) is 0 Å². The Labute approximate surface area is 103 Å². The van der Waals surface area contributed by atoms with Crippen LogP contribution in [0.1, 0.15) is 12.8 Å². The average molecular weight is 265 g/mol. The number of likely N-dealkylation sites (N-methyl/N-ethyl adjacent to an activating group) is 2. The summed E-state index contributed by atoms with van der Waals surface area (Å²) >= 11 is 4.63. The van der Waals surface area contributed by atoms with Crippen molar-refractivity contribution in [2.24, 2.45) is 5.73 Å². The molecule has 0 radical (unpaired) electrons. The Hall–Kier alpha value is -0.240. The maximum atomic E-state index is 11.8. The van der Waals surface area contributed by atoms with E-state index >= 15 is 0 Å². The van der Waals surface area contributed by atoms with Crippen molar-refractivity contribution in [3.63, 3.8) is 0 Å². The molecular weight excluding hydrogens is 246 g/mol. The van der Waals surface area contributed by atoms with E-state index in [2.05, 4.69) is 17.1 Å². The lowest BCUT2D eigenvalue weighted by molar-refractivity contribution is 0.271. The van der Waals surface area contributed by atoms with Crippen LogP contribution in [0.5, 0.6) is 0 Å². The van der Waals surface area contributed by atoms with Gasteiger partial charge in [-0.3, -0.25) is 0 Å². The van der Waals surface area contributed by atoms with Crippen LogP contribution >= 0.6 is 12.2 Å². The number of thiocarbonyl (C=S) groups is 1. The topological polar surface area (TPSA) is 66.6 Å². The van der Waals surface area contributed by atoms with Crippen molar-refractivity contribution < 1.29 is 8.42 Å². The third-order valence-corrected chi connectivity index (χ3v) is 5.04. The first-order valence-corrected chi connectivity index (χ1v) is 7.27. The molecular formula is C9H19N3O2S2. The summed E-state index contributed by atoms with van der Waals surface area (Å²) in [6.07, 6.45) is 2.17. The van der Waals surface area contributed by atoms with Crippen molar-refractivity contribution in [1.29, 1.82) is 0 Å². The average Bonchev–Trinajstić information content (AvgIpc) is 2.49. The van der Waals surface area contributed by atoms with E-state index in [9.17, 15) is 8.42 Å². The van der Waals surface area contributed by atoms with Gasteiger partial charge >= 0.3 is 0 Å². The van der Waals surface area contributed by atoms with E-state index in [0.717, 1.165) is 19.4 Å². The second-order valence-corrected chi connectivity index (χ2v) is 6.88. The molecule has 16 heavy (non-hydrogen) atoms. The zero-order valence-corrected chi connectivity index (χ0v) is 11.4. The first-order valence-electron chi connectivity index (χ1n) is 5.25. The van der Waals surface area contributed by atoms with Crippen LogP contribution in [0.4, 0.5) is 0 Å². The second kappa shape index (κ2) is 5.39. The smallest absolute Gasteiger partial charge is 0.220 e. The van der Waals surface area contributed by atoms with E-state index < -0.39 is 10.0 Å². The van der Waals surface area contributed by atoms with Gasteiger partial charge in [0.2, 0.25) is 10.0 Å². The minimum atomic E-state index is -3.33. The summed E-state index contributed by atoms with van der Waals surface area (Å²) in [7, 11) is 0.273. The predicted molar refractivity (Wildman–Crippen MR) is 68.9 cm³/mol. The summed E-state index contributed by atoms with van der Waals surface area (Å²) in [6.45, 7) is 1.55. The molecule has 94 valence electrons. The van der Waals surface area contributed by atoms with Gasteiger partial charge in [-0.2, -0.15) is 0 Å². The van der Waals surface area contributed by atoms with E-state index in [1.807, 2.05) is 7.05 Å². The van der Waals surface area contributed by atoms with Crippen molar-refractivity contribution in [2.45, 2.75) is 18.9 Å². The van der Waals surface area contributed by atoms with Crippen LogP contribution in [0.25, 0.3) is 0 Å². The molecule has 0 spiro atoms. The molecule has 1 heterocycles. The summed E-state index contributed by atoms with van der Waals surface area (Å²) < 4.78 is 24.9. The second-order valence-electron chi connectivity index (χ2n) is 4.28. The number of hydrogen-bond acceptors (Lipinski definition) is 4. The number of sulfonamides is 1. The molecule has 0 aromatic carbocycles. The van der Waals surface area contributed by atoms with Crippen molar-refractivity contribution in [1.82, 2.24) is 9.21 Å². The van der Waals surface area contributed by atoms with Crippen LogP contribution in [-0.2, 0) is 10.0 Å². The number of hydrogen-bond donors (Lipinski definition) is 1. The van der Waals surface area contributed by atoms with Crippen LogP contribution in [-0.4, -0.2) is 61.6 Å². The Balaban J connectivity index is 2.57. The molecule has 1 atom stereocenters. The van der Waals surface area contributed by atoms with E-state index in [1.165, 1.54) is 4.31 Å². The summed E-state index contributed by atoms with van der Waals surface area (Å²) in [5, 5.41) is 0. The standard InChI is InChI=1S/C9H19N3O2S2/c1-11-5-3-4-8(11)6-12(2)16(13,14)7-9(10)15/h8H,3-7H2,1-2H3,(H2,10,15). The van der Waals surface area contributed by atoms with Gasteiger partial charge in [0.05, 0.1) is 4.99 Å². The molecule has 0 bridgehead atoms. The molecule has 0 aromatic rings. The highest BCUT2D eigenvalue weighted by Gasteiger charge is 2.27. The minimum absolute atomic E-state index is 0.0200. The van der Waals surface area contributed by atoms with Crippen molar-refractivity contribution >= 4 is 27.2 Å². The van der Waals surface area contributed by atoms with Crippen LogP contribution in [0.2, 0.25) is 0 Å². The largest absolute Gasteiger partial charge is 0.392 e. The van der Waals surface area contributed by atoms with Gasteiger partial charge in [-0.05, 0) is 26.4 Å².